The van der Waals surface area contributed by atoms with Gasteiger partial charge in [-0.05, 0) is 26.8 Å². The average molecular weight is 450 g/mol. The first-order valence-corrected chi connectivity index (χ1v) is 11.6. The first kappa shape index (κ1) is 22.9. The number of aromatic nitrogens is 3. The summed E-state index contributed by atoms with van der Waals surface area (Å²) in [5.41, 5.74) is 1.02. The van der Waals surface area contributed by atoms with Crippen LogP contribution in [0.25, 0.3) is 21.9 Å². The lowest BCUT2D eigenvalue weighted by Gasteiger charge is -2.27. The molecule has 2 N–H and O–H groups in total. The van der Waals surface area contributed by atoms with E-state index in [9.17, 15) is 13.2 Å². The third-order valence-corrected chi connectivity index (χ3v) is 5.44. The lowest BCUT2D eigenvalue weighted by molar-refractivity contribution is 0.125. The minimum absolute atomic E-state index is 0.214. The van der Waals surface area contributed by atoms with Crippen molar-refractivity contribution in [3.8, 4) is 0 Å². The molecule has 0 bridgehead atoms. The number of sulfonamides is 1. The lowest BCUT2D eigenvalue weighted by atomic mass is 10.1. The molecule has 3 rings (SSSR count). The summed E-state index contributed by atoms with van der Waals surface area (Å²) in [4.78, 5) is 21.1. The molecule has 1 amide bonds. The van der Waals surface area contributed by atoms with Gasteiger partial charge < -0.3 is 14.0 Å². The molecule has 0 atom stereocenters. The Labute approximate surface area is 181 Å². The largest absolute Gasteiger partial charge is 0.453 e. The Hall–Kier alpha value is -2.76. The number of carbonyl (C=O) groups excluding carboxylic acids is 1. The van der Waals surface area contributed by atoms with Crippen LogP contribution in [-0.2, 0) is 32.6 Å². The quantitative estimate of drug-likeness (QED) is 0.542. The van der Waals surface area contributed by atoms with Crippen LogP contribution in [0.2, 0.25) is 0 Å². The summed E-state index contributed by atoms with van der Waals surface area (Å²) in [5, 5.41) is 3.44. The molecule has 168 valence electrons. The summed E-state index contributed by atoms with van der Waals surface area (Å²) in [6, 6.07) is 7.47. The van der Waals surface area contributed by atoms with Gasteiger partial charge in [-0.2, -0.15) is 0 Å². The number of pyridine rings is 1. The van der Waals surface area contributed by atoms with Crippen LogP contribution in [-0.4, -0.2) is 54.6 Å². The Balaban J connectivity index is 2.28. The van der Waals surface area contributed by atoms with Crippen molar-refractivity contribution in [1.82, 2.24) is 19.3 Å². The van der Waals surface area contributed by atoms with Crippen LogP contribution in [0.5, 0.6) is 0 Å². The Kier molecular flexibility index (Phi) is 6.48. The fourth-order valence-corrected chi connectivity index (χ4v) is 4.59. The monoisotopic (exact) mass is 449 g/mol. The number of imidazole rings is 1. The van der Waals surface area contributed by atoms with E-state index in [1.165, 1.54) is 7.11 Å². The third kappa shape index (κ3) is 5.30. The van der Waals surface area contributed by atoms with E-state index in [0.29, 0.717) is 23.5 Å². The van der Waals surface area contributed by atoms with Gasteiger partial charge >= 0.3 is 6.09 Å². The SMILES string of the molecule is CCOCc1nc2c(NC(=O)OC)nc3ccccc3c2n1CC(C)(C)NS(C)(=O)=O. The summed E-state index contributed by atoms with van der Waals surface area (Å²) < 4.78 is 38.7. The molecule has 0 aliphatic rings. The molecule has 1 aromatic carbocycles. The van der Waals surface area contributed by atoms with Crippen LogP contribution in [0.1, 0.15) is 26.6 Å². The molecule has 0 radical (unpaired) electrons. The number of benzene rings is 1. The number of ether oxygens (including phenoxy) is 2. The maximum absolute atomic E-state index is 11.9. The van der Waals surface area contributed by atoms with E-state index in [4.69, 9.17) is 14.5 Å². The summed E-state index contributed by atoms with van der Waals surface area (Å²) in [6.07, 6.45) is 0.462. The predicted molar refractivity (Wildman–Crippen MR) is 118 cm³/mol. The van der Waals surface area contributed by atoms with E-state index < -0.39 is 21.7 Å². The van der Waals surface area contributed by atoms with E-state index in [-0.39, 0.29) is 19.0 Å². The van der Waals surface area contributed by atoms with Crippen LogP contribution in [0, 0.1) is 0 Å². The molecule has 2 heterocycles. The number of para-hydroxylation sites is 1. The maximum atomic E-state index is 11.9. The van der Waals surface area contributed by atoms with E-state index in [0.717, 1.165) is 17.2 Å². The molecule has 0 saturated carbocycles. The first-order chi connectivity index (χ1) is 14.5. The predicted octanol–water partition coefficient (Wildman–Crippen LogP) is 2.63. The summed E-state index contributed by atoms with van der Waals surface area (Å²) in [7, 11) is -2.17. The van der Waals surface area contributed by atoms with Crippen LogP contribution in [0.15, 0.2) is 24.3 Å². The van der Waals surface area contributed by atoms with Crippen molar-refractivity contribution in [2.75, 3.05) is 25.3 Å². The number of rotatable bonds is 8. The van der Waals surface area contributed by atoms with Gasteiger partial charge in [-0.3, -0.25) is 5.32 Å². The van der Waals surface area contributed by atoms with Gasteiger partial charge in [0, 0.05) is 24.1 Å². The molecule has 0 saturated heterocycles. The zero-order chi connectivity index (χ0) is 22.8. The normalized spacial score (nSPS) is 12.4. The van der Waals surface area contributed by atoms with Crippen LogP contribution in [0.4, 0.5) is 10.6 Å². The number of nitrogens with zero attached hydrogens (tertiary/aromatic N) is 3. The van der Waals surface area contributed by atoms with Crippen molar-refractivity contribution in [2.24, 2.45) is 0 Å². The van der Waals surface area contributed by atoms with E-state index >= 15 is 0 Å². The zero-order valence-corrected chi connectivity index (χ0v) is 19.0. The Bertz CT molecular complexity index is 1220. The van der Waals surface area contributed by atoms with Gasteiger partial charge in [0.25, 0.3) is 0 Å². The number of hydrogen-bond donors (Lipinski definition) is 2. The highest BCUT2D eigenvalue weighted by Gasteiger charge is 2.27. The molecular weight excluding hydrogens is 422 g/mol. The molecule has 10 nitrogen and oxygen atoms in total. The number of fused-ring (bicyclic) bond motifs is 3. The second-order valence-corrected chi connectivity index (χ2v) is 9.55. The third-order valence-electron chi connectivity index (χ3n) is 4.52. The molecule has 0 aliphatic heterocycles. The topological polar surface area (TPSA) is 124 Å². The Morgan fingerprint density at radius 3 is 2.58 bits per heavy atom. The van der Waals surface area contributed by atoms with Gasteiger partial charge in [-0.25, -0.2) is 27.9 Å². The zero-order valence-electron chi connectivity index (χ0n) is 18.2. The Morgan fingerprint density at radius 2 is 1.94 bits per heavy atom. The molecule has 0 aliphatic carbocycles. The lowest BCUT2D eigenvalue weighted by Crippen LogP contribution is -2.46. The van der Waals surface area contributed by atoms with E-state index in [1.54, 1.807) is 13.8 Å². The van der Waals surface area contributed by atoms with Gasteiger partial charge in [0.15, 0.2) is 5.82 Å². The fourth-order valence-electron chi connectivity index (χ4n) is 3.52. The standard InChI is InChI=1S/C20H27N5O5S/c1-6-30-11-15-22-16-17(25(15)12-20(2,3)24-31(5,27)28)13-9-7-8-10-14(13)21-18(16)23-19(26)29-4/h7-10,24H,6,11-12H2,1-5H3,(H,21,23,26). The van der Waals surface area contributed by atoms with Gasteiger partial charge in [0.05, 0.1) is 24.4 Å². The average Bonchev–Trinajstić information content (AvgIpc) is 3.02. The van der Waals surface area contributed by atoms with Gasteiger partial charge in [-0.15, -0.1) is 0 Å². The second kappa shape index (κ2) is 8.77. The molecular formula is C20H27N5O5S. The number of amides is 1. The van der Waals surface area contributed by atoms with E-state index in [1.807, 2.05) is 35.8 Å². The number of methoxy groups -OCH3 is 1. The summed E-state index contributed by atoms with van der Waals surface area (Å²) >= 11 is 0. The number of anilines is 1. The van der Waals surface area contributed by atoms with E-state index in [2.05, 4.69) is 15.0 Å². The number of hydrogen-bond acceptors (Lipinski definition) is 7. The highest BCUT2D eigenvalue weighted by Crippen LogP contribution is 2.31. The molecule has 0 fully saturated rings. The second-order valence-electron chi connectivity index (χ2n) is 7.80. The van der Waals surface area contributed by atoms with Gasteiger partial charge in [-0.1, -0.05) is 18.2 Å². The molecule has 2 aromatic heterocycles. The molecule has 31 heavy (non-hydrogen) atoms. The summed E-state index contributed by atoms with van der Waals surface area (Å²) in [5.74, 6) is 0.845. The van der Waals surface area contributed by atoms with Crippen molar-refractivity contribution >= 4 is 43.9 Å². The number of carbonyl (C=O) groups is 1. The fraction of sp³-hybridized carbons (Fsp3) is 0.450. The smallest absolute Gasteiger partial charge is 0.412 e. The van der Waals surface area contributed by atoms with Crippen molar-refractivity contribution < 1.29 is 22.7 Å². The minimum atomic E-state index is -3.44. The first-order valence-electron chi connectivity index (χ1n) is 9.74. The van der Waals surface area contributed by atoms with Gasteiger partial charge in [0.1, 0.15) is 17.9 Å². The highest BCUT2D eigenvalue weighted by atomic mass is 32.2. The highest BCUT2D eigenvalue weighted by molar-refractivity contribution is 7.88. The van der Waals surface area contributed by atoms with Crippen molar-refractivity contribution in [3.63, 3.8) is 0 Å². The minimum Gasteiger partial charge on any atom is -0.453 e. The molecule has 3 aromatic rings. The van der Waals surface area contributed by atoms with Crippen LogP contribution in [0.3, 0.4) is 0 Å². The summed E-state index contributed by atoms with van der Waals surface area (Å²) in [6.45, 7) is 6.45. The van der Waals surface area contributed by atoms with Crippen LogP contribution >= 0.6 is 0 Å². The number of nitrogens with one attached hydrogen (secondary N) is 2. The molecule has 11 heteroatoms. The molecule has 0 spiro atoms. The molecule has 0 unspecified atom stereocenters. The van der Waals surface area contributed by atoms with Crippen molar-refractivity contribution in [3.05, 3.63) is 30.1 Å². The van der Waals surface area contributed by atoms with Crippen molar-refractivity contribution in [1.29, 1.82) is 0 Å². The van der Waals surface area contributed by atoms with Gasteiger partial charge in [0.2, 0.25) is 10.0 Å². The van der Waals surface area contributed by atoms with Crippen LogP contribution < -0.4 is 10.0 Å². The Morgan fingerprint density at radius 1 is 1.23 bits per heavy atom. The maximum Gasteiger partial charge on any atom is 0.412 e. The van der Waals surface area contributed by atoms with Crippen molar-refractivity contribution in [2.45, 2.75) is 39.5 Å².